The number of hydrogen-bond donors (Lipinski definition) is 1. The van der Waals surface area contributed by atoms with Crippen molar-refractivity contribution >= 4 is 22.3 Å². The van der Waals surface area contributed by atoms with Crippen molar-refractivity contribution in [1.82, 2.24) is 15.1 Å². The molecule has 0 radical (unpaired) electrons. The smallest absolute Gasteiger partial charge is 0.370 e. The Morgan fingerprint density at radius 2 is 1.94 bits per heavy atom. The van der Waals surface area contributed by atoms with E-state index in [9.17, 15) is 13.2 Å². The second-order valence-corrected chi connectivity index (χ2v) is 9.41. The molecule has 0 bridgehead atoms. The first-order valence-electron chi connectivity index (χ1n) is 11.7. The van der Waals surface area contributed by atoms with E-state index in [4.69, 9.17) is 0 Å². The first-order valence-corrected chi connectivity index (χ1v) is 11.7. The van der Waals surface area contributed by atoms with Crippen LogP contribution in [-0.2, 0) is 6.18 Å². The van der Waals surface area contributed by atoms with E-state index < -0.39 is 11.7 Å². The zero-order valence-electron chi connectivity index (χ0n) is 20.2. The Bertz CT molecular complexity index is 1140. The standard InChI is InChI=1S/C26H32F3N5/c1-17-22(9-7-10-24(17)26(27,28)29)18(2)31-25-23-14-20(12-11-19(23)15-30-32-25)34-13-6-5-8-21(16-34)33(3)4/h7,9-12,14-15,18,21H,5-6,8,13,16H2,1-4H3,(H,31,32)/t18-,21?/m1/s1. The van der Waals surface area contributed by atoms with Crippen molar-refractivity contribution in [2.75, 3.05) is 37.4 Å². The van der Waals surface area contributed by atoms with Gasteiger partial charge in [-0.05, 0) is 70.1 Å². The molecule has 0 aliphatic carbocycles. The highest BCUT2D eigenvalue weighted by atomic mass is 19.4. The van der Waals surface area contributed by atoms with Gasteiger partial charge in [0.25, 0.3) is 0 Å². The zero-order chi connectivity index (χ0) is 24.5. The summed E-state index contributed by atoms with van der Waals surface area (Å²) < 4.78 is 40.2. The van der Waals surface area contributed by atoms with Crippen molar-refractivity contribution in [1.29, 1.82) is 0 Å². The molecule has 0 saturated carbocycles. The molecule has 1 N–H and O–H groups in total. The monoisotopic (exact) mass is 471 g/mol. The topological polar surface area (TPSA) is 44.3 Å². The van der Waals surface area contributed by atoms with E-state index in [1.165, 1.54) is 25.8 Å². The van der Waals surface area contributed by atoms with Crippen LogP contribution in [0.3, 0.4) is 0 Å². The van der Waals surface area contributed by atoms with Crippen LogP contribution in [0.25, 0.3) is 10.8 Å². The number of alkyl halides is 3. The van der Waals surface area contributed by atoms with Crippen LogP contribution >= 0.6 is 0 Å². The van der Waals surface area contributed by atoms with Gasteiger partial charge in [0.2, 0.25) is 0 Å². The molecule has 1 saturated heterocycles. The number of fused-ring (bicyclic) bond motifs is 1. The number of hydrogen-bond acceptors (Lipinski definition) is 5. The quantitative estimate of drug-likeness (QED) is 0.491. The maximum absolute atomic E-state index is 13.4. The second-order valence-electron chi connectivity index (χ2n) is 9.41. The maximum Gasteiger partial charge on any atom is 0.416 e. The largest absolute Gasteiger partial charge is 0.416 e. The number of nitrogens with one attached hydrogen (secondary N) is 1. The molecule has 3 aromatic rings. The number of benzene rings is 2. The van der Waals surface area contributed by atoms with Crippen molar-refractivity contribution < 1.29 is 13.2 Å². The summed E-state index contributed by atoms with van der Waals surface area (Å²) in [6, 6.07) is 10.7. The van der Waals surface area contributed by atoms with Gasteiger partial charge in [-0.15, -0.1) is 5.10 Å². The SMILES string of the molecule is Cc1c([C@@H](C)Nc2nncc3ccc(N4CCCCC(N(C)C)C4)cc23)cccc1C(F)(F)F. The lowest BCUT2D eigenvalue weighted by Gasteiger charge is -2.30. The first kappa shape index (κ1) is 24.3. The third-order valence-electron chi connectivity index (χ3n) is 6.89. The van der Waals surface area contributed by atoms with E-state index in [0.717, 1.165) is 42.0 Å². The van der Waals surface area contributed by atoms with Crippen LogP contribution in [0.15, 0.2) is 42.6 Å². The molecule has 4 rings (SSSR count). The summed E-state index contributed by atoms with van der Waals surface area (Å²) in [5.41, 5.74) is 1.33. The van der Waals surface area contributed by atoms with E-state index in [0.29, 0.717) is 17.4 Å². The van der Waals surface area contributed by atoms with Crippen molar-refractivity contribution in [2.24, 2.45) is 0 Å². The summed E-state index contributed by atoms with van der Waals surface area (Å²) in [4.78, 5) is 4.71. The summed E-state index contributed by atoms with van der Waals surface area (Å²) in [5, 5.41) is 13.6. The third kappa shape index (κ3) is 5.12. The highest BCUT2D eigenvalue weighted by molar-refractivity contribution is 5.93. The van der Waals surface area contributed by atoms with Gasteiger partial charge in [-0.2, -0.15) is 18.3 Å². The predicted octanol–water partition coefficient (Wildman–Crippen LogP) is 6.05. The minimum absolute atomic E-state index is 0.225. The van der Waals surface area contributed by atoms with E-state index in [2.05, 4.69) is 51.5 Å². The van der Waals surface area contributed by atoms with Gasteiger partial charge in [0, 0.05) is 35.6 Å². The average Bonchev–Trinajstić information content (AvgIpc) is 3.05. The Balaban J connectivity index is 1.65. The van der Waals surface area contributed by atoms with Gasteiger partial charge in [-0.1, -0.05) is 24.6 Å². The molecule has 2 aromatic carbocycles. The van der Waals surface area contributed by atoms with E-state index in [1.807, 2.05) is 13.0 Å². The Kier molecular flexibility index (Phi) is 6.98. The van der Waals surface area contributed by atoms with Gasteiger partial charge in [-0.25, -0.2) is 0 Å². The van der Waals surface area contributed by atoms with Crippen LogP contribution in [0.2, 0.25) is 0 Å². The molecule has 1 unspecified atom stereocenters. The van der Waals surface area contributed by atoms with Crippen molar-refractivity contribution in [2.45, 2.75) is 51.4 Å². The highest BCUT2D eigenvalue weighted by Gasteiger charge is 2.33. The number of likely N-dealkylation sites (N-methyl/N-ethyl adjacent to an activating group) is 1. The highest BCUT2D eigenvalue weighted by Crippen LogP contribution is 2.36. The lowest BCUT2D eigenvalue weighted by atomic mass is 9.97. The number of anilines is 2. The molecule has 2 atom stereocenters. The summed E-state index contributed by atoms with van der Waals surface area (Å²) in [6.07, 6.45) is 0.872. The number of rotatable bonds is 5. The molecular weight excluding hydrogens is 439 g/mol. The summed E-state index contributed by atoms with van der Waals surface area (Å²) in [5.74, 6) is 0.572. The molecule has 182 valence electrons. The van der Waals surface area contributed by atoms with Crippen LogP contribution in [0, 0.1) is 6.92 Å². The van der Waals surface area contributed by atoms with Gasteiger partial charge in [0.1, 0.15) is 0 Å². The lowest BCUT2D eigenvalue weighted by molar-refractivity contribution is -0.138. The molecule has 0 spiro atoms. The van der Waals surface area contributed by atoms with Crippen molar-refractivity contribution in [3.8, 4) is 0 Å². The minimum atomic E-state index is -4.38. The molecule has 1 fully saturated rings. The van der Waals surface area contributed by atoms with Crippen molar-refractivity contribution in [3.05, 3.63) is 59.3 Å². The Hall–Kier alpha value is -2.87. The van der Waals surface area contributed by atoms with Crippen LogP contribution in [0.4, 0.5) is 24.7 Å². The molecular formula is C26H32F3N5. The van der Waals surface area contributed by atoms with E-state index in [-0.39, 0.29) is 11.6 Å². The van der Waals surface area contributed by atoms with Crippen LogP contribution in [0.1, 0.15) is 48.9 Å². The van der Waals surface area contributed by atoms with E-state index in [1.54, 1.807) is 12.3 Å². The van der Waals surface area contributed by atoms with Crippen LogP contribution < -0.4 is 10.2 Å². The van der Waals surface area contributed by atoms with Crippen molar-refractivity contribution in [3.63, 3.8) is 0 Å². The number of aromatic nitrogens is 2. The maximum atomic E-state index is 13.4. The normalized spacial score (nSPS) is 18.2. The first-order chi connectivity index (χ1) is 16.1. The van der Waals surface area contributed by atoms with Gasteiger partial charge in [0.15, 0.2) is 5.82 Å². The summed E-state index contributed by atoms with van der Waals surface area (Å²) >= 11 is 0. The Morgan fingerprint density at radius 1 is 1.15 bits per heavy atom. The Morgan fingerprint density at radius 3 is 2.68 bits per heavy atom. The van der Waals surface area contributed by atoms with Gasteiger partial charge in [0.05, 0.1) is 17.8 Å². The molecule has 5 nitrogen and oxygen atoms in total. The van der Waals surface area contributed by atoms with Crippen LogP contribution in [-0.4, -0.2) is 48.3 Å². The fourth-order valence-electron chi connectivity index (χ4n) is 4.86. The molecule has 1 aromatic heterocycles. The summed E-state index contributed by atoms with van der Waals surface area (Å²) in [7, 11) is 4.26. The fraction of sp³-hybridized carbons (Fsp3) is 0.462. The molecule has 34 heavy (non-hydrogen) atoms. The lowest BCUT2D eigenvalue weighted by Crippen LogP contribution is -2.39. The Labute approximate surface area is 199 Å². The molecule has 1 aliphatic heterocycles. The molecule has 2 heterocycles. The van der Waals surface area contributed by atoms with Crippen LogP contribution in [0.5, 0.6) is 0 Å². The average molecular weight is 472 g/mol. The minimum Gasteiger partial charge on any atom is -0.370 e. The molecule has 0 amide bonds. The van der Waals surface area contributed by atoms with Gasteiger partial charge >= 0.3 is 6.18 Å². The number of nitrogens with zero attached hydrogens (tertiary/aromatic N) is 4. The number of halogens is 3. The van der Waals surface area contributed by atoms with Gasteiger partial charge < -0.3 is 15.1 Å². The predicted molar refractivity (Wildman–Crippen MR) is 131 cm³/mol. The zero-order valence-corrected chi connectivity index (χ0v) is 20.2. The fourth-order valence-corrected chi connectivity index (χ4v) is 4.86. The molecule has 8 heteroatoms. The third-order valence-corrected chi connectivity index (χ3v) is 6.89. The molecule has 1 aliphatic rings. The summed E-state index contributed by atoms with van der Waals surface area (Å²) in [6.45, 7) is 5.32. The second kappa shape index (κ2) is 9.78. The van der Waals surface area contributed by atoms with Gasteiger partial charge in [-0.3, -0.25) is 0 Å². The van der Waals surface area contributed by atoms with E-state index >= 15 is 0 Å².